The molecule has 0 atom stereocenters. The van der Waals surface area contributed by atoms with E-state index in [0.717, 1.165) is 16.6 Å². The van der Waals surface area contributed by atoms with Crippen LogP contribution < -0.4 is 5.32 Å². The van der Waals surface area contributed by atoms with Gasteiger partial charge in [-0.25, -0.2) is 4.52 Å². The Balaban J connectivity index is 1.67. The summed E-state index contributed by atoms with van der Waals surface area (Å²) in [7, 11) is 0. The smallest absolute Gasteiger partial charge is 0.259 e. The number of hydrogen-bond acceptors (Lipinski definition) is 5. The minimum Gasteiger partial charge on any atom is -0.322 e. The summed E-state index contributed by atoms with van der Waals surface area (Å²) in [6, 6.07) is 11.2. The monoisotopic (exact) mass is 319 g/mol. The Kier molecular flexibility index (Phi) is 3.27. The molecular weight excluding hydrogens is 306 g/mol. The van der Waals surface area contributed by atoms with Crippen molar-refractivity contribution in [1.82, 2.24) is 30.2 Å². The average molecular weight is 319 g/mol. The molecule has 0 fully saturated rings. The van der Waals surface area contributed by atoms with Gasteiger partial charge in [0.1, 0.15) is 0 Å². The number of rotatable bonds is 3. The van der Waals surface area contributed by atoms with Gasteiger partial charge in [0.25, 0.3) is 5.91 Å². The van der Waals surface area contributed by atoms with Crippen molar-refractivity contribution in [2.45, 2.75) is 6.92 Å². The van der Waals surface area contributed by atoms with Gasteiger partial charge in [-0.05, 0) is 35.9 Å². The van der Waals surface area contributed by atoms with Gasteiger partial charge >= 0.3 is 0 Å². The second-order valence-electron chi connectivity index (χ2n) is 5.31. The first-order valence-electron chi connectivity index (χ1n) is 7.30. The van der Waals surface area contributed by atoms with Crippen molar-refractivity contribution >= 4 is 17.1 Å². The number of aromatic nitrogens is 6. The number of fused-ring (bicyclic) bond motifs is 1. The summed E-state index contributed by atoms with van der Waals surface area (Å²) in [6.07, 6.45) is 3.36. The number of benzene rings is 1. The molecule has 3 aromatic heterocycles. The predicted octanol–water partition coefficient (Wildman–Crippen LogP) is 2.08. The third kappa shape index (κ3) is 2.39. The molecule has 2 N–H and O–H groups in total. The quantitative estimate of drug-likeness (QED) is 0.602. The van der Waals surface area contributed by atoms with Gasteiger partial charge in [-0.2, -0.15) is 10.3 Å². The highest BCUT2D eigenvalue weighted by molar-refractivity contribution is 6.09. The van der Waals surface area contributed by atoms with Crippen LogP contribution in [-0.4, -0.2) is 36.1 Å². The number of amides is 1. The molecule has 1 amide bonds. The summed E-state index contributed by atoms with van der Waals surface area (Å²) >= 11 is 0. The topological polar surface area (TPSA) is 101 Å². The van der Waals surface area contributed by atoms with E-state index >= 15 is 0 Å². The highest BCUT2D eigenvalue weighted by Gasteiger charge is 2.14. The molecule has 8 nitrogen and oxygen atoms in total. The van der Waals surface area contributed by atoms with Gasteiger partial charge < -0.3 is 5.32 Å². The van der Waals surface area contributed by atoms with Gasteiger partial charge in [0, 0.05) is 17.4 Å². The Morgan fingerprint density at radius 3 is 3.00 bits per heavy atom. The molecule has 0 saturated carbocycles. The average Bonchev–Trinajstić information content (AvgIpc) is 3.26. The number of aryl methyl sites for hydroxylation is 1. The molecule has 0 spiro atoms. The third-order valence-electron chi connectivity index (χ3n) is 3.76. The van der Waals surface area contributed by atoms with Crippen LogP contribution in [-0.2, 0) is 0 Å². The van der Waals surface area contributed by atoms with Crippen molar-refractivity contribution < 1.29 is 4.79 Å². The van der Waals surface area contributed by atoms with Gasteiger partial charge in [-0.3, -0.25) is 4.79 Å². The van der Waals surface area contributed by atoms with Crippen molar-refractivity contribution in [3.8, 4) is 11.4 Å². The van der Waals surface area contributed by atoms with Crippen molar-refractivity contribution in [3.63, 3.8) is 0 Å². The lowest BCUT2D eigenvalue weighted by Crippen LogP contribution is -2.12. The summed E-state index contributed by atoms with van der Waals surface area (Å²) in [5.41, 5.74) is 3.66. The van der Waals surface area contributed by atoms with Gasteiger partial charge in [-0.15, -0.1) is 10.2 Å². The van der Waals surface area contributed by atoms with Crippen molar-refractivity contribution in [2.24, 2.45) is 0 Å². The van der Waals surface area contributed by atoms with Gasteiger partial charge in [-0.1, -0.05) is 18.2 Å². The predicted molar refractivity (Wildman–Crippen MR) is 87.5 cm³/mol. The Labute approximate surface area is 136 Å². The second-order valence-corrected chi connectivity index (χ2v) is 5.31. The maximum absolute atomic E-state index is 12.6. The van der Waals surface area contributed by atoms with Crippen LogP contribution in [0.25, 0.3) is 16.9 Å². The highest BCUT2D eigenvalue weighted by atomic mass is 16.1. The van der Waals surface area contributed by atoms with E-state index < -0.39 is 0 Å². The van der Waals surface area contributed by atoms with Crippen LogP contribution in [0.5, 0.6) is 0 Å². The lowest BCUT2D eigenvalue weighted by molar-refractivity contribution is 0.102. The van der Waals surface area contributed by atoms with Crippen LogP contribution in [0.15, 0.2) is 48.8 Å². The molecule has 0 aliphatic rings. The summed E-state index contributed by atoms with van der Waals surface area (Å²) in [5.74, 6) is 0.256. The van der Waals surface area contributed by atoms with Gasteiger partial charge in [0.05, 0.1) is 17.3 Å². The molecule has 4 rings (SSSR count). The summed E-state index contributed by atoms with van der Waals surface area (Å²) in [6.45, 7) is 1.92. The molecule has 1 aromatic carbocycles. The Morgan fingerprint density at radius 2 is 2.17 bits per heavy atom. The number of pyridine rings is 1. The van der Waals surface area contributed by atoms with Crippen molar-refractivity contribution in [2.75, 3.05) is 5.32 Å². The maximum atomic E-state index is 12.6. The van der Waals surface area contributed by atoms with Crippen LogP contribution >= 0.6 is 0 Å². The van der Waals surface area contributed by atoms with E-state index in [1.165, 1.54) is 0 Å². The van der Waals surface area contributed by atoms with E-state index in [1.807, 2.05) is 43.3 Å². The first kappa shape index (κ1) is 14.1. The molecule has 4 aromatic rings. The summed E-state index contributed by atoms with van der Waals surface area (Å²) < 4.78 is 1.66. The Morgan fingerprint density at radius 1 is 1.25 bits per heavy atom. The second kappa shape index (κ2) is 5.58. The molecule has 118 valence electrons. The Hall–Kier alpha value is -3.55. The number of anilines is 1. The standard InChI is InChI=1S/C16H13N7O/c1-10-5-6-11(15-19-21-22-20-15)8-13(10)18-16(24)12-9-17-23-7-3-2-4-14(12)23/h2-9H,1H3,(H,18,24)(H,19,20,21,22). The lowest BCUT2D eigenvalue weighted by atomic mass is 10.1. The number of nitrogens with zero attached hydrogens (tertiary/aromatic N) is 5. The SMILES string of the molecule is Cc1ccc(-c2nn[nH]n2)cc1NC(=O)c1cnn2ccccc12. The van der Waals surface area contributed by atoms with Crippen LogP contribution in [0.2, 0.25) is 0 Å². The fraction of sp³-hybridized carbons (Fsp3) is 0.0625. The van der Waals surface area contributed by atoms with Gasteiger partial charge in [0.2, 0.25) is 5.82 Å². The number of H-pyrrole nitrogens is 1. The van der Waals surface area contributed by atoms with E-state index in [4.69, 9.17) is 0 Å². The zero-order valence-corrected chi connectivity index (χ0v) is 12.8. The molecule has 0 radical (unpaired) electrons. The number of nitrogens with one attached hydrogen (secondary N) is 2. The molecule has 0 aliphatic carbocycles. The van der Waals surface area contributed by atoms with Crippen LogP contribution in [0, 0.1) is 6.92 Å². The summed E-state index contributed by atoms with van der Waals surface area (Å²) in [4.78, 5) is 12.6. The van der Waals surface area contributed by atoms with Crippen LogP contribution in [0.1, 0.15) is 15.9 Å². The number of carbonyl (C=O) groups excluding carboxylic acids is 1. The molecule has 0 aliphatic heterocycles. The van der Waals surface area contributed by atoms with Crippen molar-refractivity contribution in [3.05, 3.63) is 59.9 Å². The first-order chi connectivity index (χ1) is 11.7. The zero-order valence-electron chi connectivity index (χ0n) is 12.8. The van der Waals surface area contributed by atoms with E-state index in [2.05, 4.69) is 31.0 Å². The van der Waals surface area contributed by atoms with Gasteiger partial charge in [0.15, 0.2) is 0 Å². The lowest BCUT2D eigenvalue weighted by Gasteiger charge is -2.09. The number of hydrogen-bond donors (Lipinski definition) is 2. The molecule has 8 heteroatoms. The molecule has 3 heterocycles. The maximum Gasteiger partial charge on any atom is 0.259 e. The minimum atomic E-state index is -0.218. The summed E-state index contributed by atoms with van der Waals surface area (Å²) in [5, 5.41) is 21.0. The largest absolute Gasteiger partial charge is 0.322 e. The Bertz CT molecular complexity index is 1020. The van der Waals surface area contributed by atoms with Crippen LogP contribution in [0.3, 0.4) is 0 Å². The normalized spacial score (nSPS) is 10.9. The molecule has 24 heavy (non-hydrogen) atoms. The zero-order chi connectivity index (χ0) is 16.5. The number of carbonyl (C=O) groups is 1. The van der Waals surface area contributed by atoms with E-state index in [9.17, 15) is 4.79 Å². The number of aromatic amines is 1. The fourth-order valence-corrected chi connectivity index (χ4v) is 2.48. The van der Waals surface area contributed by atoms with E-state index in [0.29, 0.717) is 17.1 Å². The van der Waals surface area contributed by atoms with Crippen molar-refractivity contribution in [1.29, 1.82) is 0 Å². The third-order valence-corrected chi connectivity index (χ3v) is 3.76. The molecular formula is C16H13N7O. The van der Waals surface area contributed by atoms with E-state index in [-0.39, 0.29) is 5.91 Å². The minimum absolute atomic E-state index is 0.218. The molecule has 0 unspecified atom stereocenters. The first-order valence-corrected chi connectivity index (χ1v) is 7.30. The fourth-order valence-electron chi connectivity index (χ4n) is 2.48. The van der Waals surface area contributed by atoms with E-state index in [1.54, 1.807) is 16.9 Å². The highest BCUT2D eigenvalue weighted by Crippen LogP contribution is 2.23. The number of tetrazole rings is 1. The van der Waals surface area contributed by atoms with Crippen LogP contribution in [0.4, 0.5) is 5.69 Å². The molecule has 0 bridgehead atoms. The molecule has 0 saturated heterocycles.